The second-order valence-electron chi connectivity index (χ2n) is 3.68. The molecule has 2 N–H and O–H groups in total. The monoisotopic (exact) mass is 231 g/mol. The molecule has 0 bridgehead atoms. The van der Waals surface area contributed by atoms with Crippen LogP contribution in [0.4, 0.5) is 10.3 Å². The summed E-state index contributed by atoms with van der Waals surface area (Å²) in [4.78, 5) is 7.27. The molecule has 0 unspecified atom stereocenters. The van der Waals surface area contributed by atoms with Crippen LogP contribution in [0.5, 0.6) is 0 Å². The second kappa shape index (κ2) is 3.93. The first-order chi connectivity index (χ1) is 8.31. The molecular weight excluding hydrogens is 221 g/mol. The number of aromatic nitrogens is 2. The Morgan fingerprint density at radius 1 is 1.35 bits per heavy atom. The summed E-state index contributed by atoms with van der Waals surface area (Å²) >= 11 is 0. The standard InChI is InChI=1S/C12H10FN3O/c13-8-3-4-10-11(6-8)16-12(15-10)14-7-9-2-1-5-17-9/h1-6H,7H2,(H2,14,15,16). The molecule has 4 nitrogen and oxygen atoms in total. The van der Waals surface area contributed by atoms with Gasteiger partial charge in [-0.2, -0.15) is 0 Å². The average molecular weight is 231 g/mol. The summed E-state index contributed by atoms with van der Waals surface area (Å²) in [5.41, 5.74) is 1.40. The Bertz CT molecular complexity index is 630. The van der Waals surface area contributed by atoms with E-state index in [0.29, 0.717) is 18.0 Å². The Kier molecular flexibility index (Phi) is 2.29. The van der Waals surface area contributed by atoms with Crippen LogP contribution in [0.3, 0.4) is 0 Å². The van der Waals surface area contributed by atoms with E-state index in [1.165, 1.54) is 12.1 Å². The van der Waals surface area contributed by atoms with Crippen LogP contribution in [0.1, 0.15) is 5.76 Å². The Morgan fingerprint density at radius 3 is 3.12 bits per heavy atom. The van der Waals surface area contributed by atoms with Crippen LogP contribution in [-0.2, 0) is 6.54 Å². The summed E-state index contributed by atoms with van der Waals surface area (Å²) in [6, 6.07) is 8.14. The number of aromatic amines is 1. The minimum absolute atomic E-state index is 0.279. The van der Waals surface area contributed by atoms with Crippen LogP contribution < -0.4 is 5.32 Å². The van der Waals surface area contributed by atoms with Gasteiger partial charge in [0.1, 0.15) is 11.6 Å². The van der Waals surface area contributed by atoms with Crippen molar-refractivity contribution >= 4 is 17.0 Å². The number of hydrogen-bond donors (Lipinski definition) is 2. The van der Waals surface area contributed by atoms with E-state index < -0.39 is 0 Å². The highest BCUT2D eigenvalue weighted by Crippen LogP contribution is 2.15. The van der Waals surface area contributed by atoms with E-state index in [-0.39, 0.29) is 5.82 Å². The highest BCUT2D eigenvalue weighted by molar-refractivity contribution is 5.77. The fourth-order valence-corrected chi connectivity index (χ4v) is 1.65. The summed E-state index contributed by atoms with van der Waals surface area (Å²) in [5, 5.41) is 3.07. The lowest BCUT2D eigenvalue weighted by molar-refractivity contribution is 0.517. The SMILES string of the molecule is Fc1ccc2nc(NCc3ccco3)[nH]c2c1. The normalized spacial score (nSPS) is 10.9. The molecule has 0 spiro atoms. The number of fused-ring (bicyclic) bond motifs is 1. The van der Waals surface area contributed by atoms with Gasteiger partial charge in [0.25, 0.3) is 0 Å². The van der Waals surface area contributed by atoms with Gasteiger partial charge in [0, 0.05) is 0 Å². The van der Waals surface area contributed by atoms with Gasteiger partial charge in [-0.3, -0.25) is 0 Å². The predicted octanol–water partition coefficient (Wildman–Crippen LogP) is 2.91. The molecule has 0 atom stereocenters. The molecule has 3 rings (SSSR count). The molecule has 0 aliphatic heterocycles. The molecule has 0 aliphatic rings. The van der Waals surface area contributed by atoms with Crippen molar-refractivity contribution in [2.24, 2.45) is 0 Å². The van der Waals surface area contributed by atoms with Crippen molar-refractivity contribution in [1.82, 2.24) is 9.97 Å². The van der Waals surface area contributed by atoms with Crippen LogP contribution in [0.25, 0.3) is 11.0 Å². The van der Waals surface area contributed by atoms with Crippen molar-refractivity contribution in [3.63, 3.8) is 0 Å². The van der Waals surface area contributed by atoms with Gasteiger partial charge in [0.15, 0.2) is 0 Å². The summed E-state index contributed by atoms with van der Waals surface area (Å²) < 4.78 is 18.2. The third-order valence-corrected chi connectivity index (χ3v) is 2.45. The zero-order valence-corrected chi connectivity index (χ0v) is 8.90. The summed E-state index contributed by atoms with van der Waals surface area (Å²) in [7, 11) is 0. The first-order valence-electron chi connectivity index (χ1n) is 5.23. The van der Waals surface area contributed by atoms with Crippen molar-refractivity contribution < 1.29 is 8.81 Å². The molecule has 0 aliphatic carbocycles. The van der Waals surface area contributed by atoms with Gasteiger partial charge in [-0.05, 0) is 30.3 Å². The summed E-state index contributed by atoms with van der Waals surface area (Å²) in [6.07, 6.45) is 1.62. The smallest absolute Gasteiger partial charge is 0.201 e. The third kappa shape index (κ3) is 1.99. The van der Waals surface area contributed by atoms with E-state index in [9.17, 15) is 4.39 Å². The van der Waals surface area contributed by atoms with Crippen molar-refractivity contribution in [2.75, 3.05) is 5.32 Å². The van der Waals surface area contributed by atoms with Gasteiger partial charge in [0.05, 0.1) is 23.8 Å². The van der Waals surface area contributed by atoms with E-state index in [4.69, 9.17) is 4.42 Å². The summed E-state index contributed by atoms with van der Waals surface area (Å²) in [5.74, 6) is 1.14. The molecule has 0 fully saturated rings. The van der Waals surface area contributed by atoms with Crippen molar-refractivity contribution in [2.45, 2.75) is 6.54 Å². The van der Waals surface area contributed by atoms with Gasteiger partial charge >= 0.3 is 0 Å². The minimum atomic E-state index is -0.279. The lowest BCUT2D eigenvalue weighted by Crippen LogP contribution is -1.99. The number of benzene rings is 1. The first kappa shape index (κ1) is 9.89. The maximum Gasteiger partial charge on any atom is 0.201 e. The van der Waals surface area contributed by atoms with E-state index in [1.807, 2.05) is 12.1 Å². The summed E-state index contributed by atoms with van der Waals surface area (Å²) in [6.45, 7) is 0.537. The molecule has 5 heteroatoms. The third-order valence-electron chi connectivity index (χ3n) is 2.45. The van der Waals surface area contributed by atoms with Crippen LogP contribution in [0, 0.1) is 5.82 Å². The predicted molar refractivity (Wildman–Crippen MR) is 62.1 cm³/mol. The highest BCUT2D eigenvalue weighted by Gasteiger charge is 2.03. The molecule has 1 aromatic carbocycles. The quantitative estimate of drug-likeness (QED) is 0.728. The minimum Gasteiger partial charge on any atom is -0.467 e. The van der Waals surface area contributed by atoms with Gasteiger partial charge in [-0.25, -0.2) is 9.37 Å². The number of furan rings is 1. The number of nitrogens with one attached hydrogen (secondary N) is 2. The molecule has 2 heterocycles. The maximum absolute atomic E-state index is 13.0. The van der Waals surface area contributed by atoms with Crippen LogP contribution in [0.15, 0.2) is 41.0 Å². The van der Waals surface area contributed by atoms with Gasteiger partial charge < -0.3 is 14.7 Å². The second-order valence-corrected chi connectivity index (χ2v) is 3.68. The van der Waals surface area contributed by atoms with Gasteiger partial charge in [-0.1, -0.05) is 0 Å². The number of anilines is 1. The van der Waals surface area contributed by atoms with Crippen molar-refractivity contribution in [3.8, 4) is 0 Å². The number of rotatable bonds is 3. The van der Waals surface area contributed by atoms with E-state index >= 15 is 0 Å². The number of H-pyrrole nitrogens is 1. The molecule has 0 amide bonds. The molecular formula is C12H10FN3O. The topological polar surface area (TPSA) is 53.9 Å². The maximum atomic E-state index is 13.0. The number of nitrogens with zero attached hydrogens (tertiary/aromatic N) is 1. The fraction of sp³-hybridized carbons (Fsp3) is 0.0833. The van der Waals surface area contributed by atoms with Crippen molar-refractivity contribution in [1.29, 1.82) is 0 Å². The molecule has 0 saturated carbocycles. The molecule has 17 heavy (non-hydrogen) atoms. The lowest BCUT2D eigenvalue weighted by atomic mass is 10.3. The van der Waals surface area contributed by atoms with Gasteiger partial charge in [0.2, 0.25) is 5.95 Å². The lowest BCUT2D eigenvalue weighted by Gasteiger charge is -1.98. The zero-order chi connectivity index (χ0) is 11.7. The first-order valence-corrected chi connectivity index (χ1v) is 5.23. The number of hydrogen-bond acceptors (Lipinski definition) is 3. The largest absolute Gasteiger partial charge is 0.467 e. The fourth-order valence-electron chi connectivity index (χ4n) is 1.65. The van der Waals surface area contributed by atoms with Crippen LogP contribution >= 0.6 is 0 Å². The Hall–Kier alpha value is -2.30. The van der Waals surface area contributed by atoms with Crippen LogP contribution in [-0.4, -0.2) is 9.97 Å². The van der Waals surface area contributed by atoms with Crippen molar-refractivity contribution in [3.05, 3.63) is 48.2 Å². The Morgan fingerprint density at radius 2 is 2.29 bits per heavy atom. The molecule has 86 valence electrons. The van der Waals surface area contributed by atoms with E-state index in [0.717, 1.165) is 11.3 Å². The Balaban J connectivity index is 1.81. The average Bonchev–Trinajstić information content (AvgIpc) is 2.94. The molecule has 0 saturated heterocycles. The number of imidazole rings is 1. The van der Waals surface area contributed by atoms with E-state index in [2.05, 4.69) is 15.3 Å². The molecule has 3 aromatic rings. The highest BCUT2D eigenvalue weighted by atomic mass is 19.1. The van der Waals surface area contributed by atoms with Gasteiger partial charge in [-0.15, -0.1) is 0 Å². The van der Waals surface area contributed by atoms with E-state index in [1.54, 1.807) is 12.3 Å². The zero-order valence-electron chi connectivity index (χ0n) is 8.90. The number of halogens is 1. The molecule has 2 aromatic heterocycles. The molecule has 0 radical (unpaired) electrons. The van der Waals surface area contributed by atoms with Crippen LogP contribution in [0.2, 0.25) is 0 Å². The Labute approximate surface area is 96.5 Å².